The van der Waals surface area contributed by atoms with Gasteiger partial charge in [-0.3, -0.25) is 0 Å². The van der Waals surface area contributed by atoms with Crippen molar-refractivity contribution in [2.75, 3.05) is 7.11 Å². The van der Waals surface area contributed by atoms with Gasteiger partial charge in [0.25, 0.3) is 0 Å². The van der Waals surface area contributed by atoms with Gasteiger partial charge in [0.1, 0.15) is 11.9 Å². The van der Waals surface area contributed by atoms with Crippen LogP contribution in [-0.2, 0) is 0 Å². The summed E-state index contributed by atoms with van der Waals surface area (Å²) in [5.41, 5.74) is 1.38. The molecule has 2 aromatic rings. The van der Waals surface area contributed by atoms with E-state index in [1.807, 2.05) is 24.3 Å². The fourth-order valence-corrected chi connectivity index (χ4v) is 1.48. The van der Waals surface area contributed by atoms with Crippen molar-refractivity contribution < 1.29 is 9.84 Å². The number of methoxy groups -OCH3 is 1. The van der Waals surface area contributed by atoms with Crippen molar-refractivity contribution >= 4 is 0 Å². The zero-order valence-electron chi connectivity index (χ0n) is 8.34. The first-order valence-corrected chi connectivity index (χ1v) is 4.62. The van der Waals surface area contributed by atoms with Crippen LogP contribution in [0.2, 0.25) is 0 Å². The number of H-pyrrole nitrogens is 1. The average Bonchev–Trinajstić information content (AvgIpc) is 2.81. The highest BCUT2D eigenvalue weighted by atomic mass is 16.5. The molecule has 0 bridgehead atoms. The van der Waals surface area contributed by atoms with Gasteiger partial charge in [-0.1, -0.05) is 18.2 Å². The highest BCUT2D eigenvalue weighted by molar-refractivity contribution is 5.38. The van der Waals surface area contributed by atoms with Gasteiger partial charge in [-0.15, -0.1) is 0 Å². The minimum Gasteiger partial charge on any atom is -0.496 e. The predicted molar refractivity (Wildman–Crippen MR) is 55.6 cm³/mol. The van der Waals surface area contributed by atoms with E-state index in [9.17, 15) is 5.11 Å². The van der Waals surface area contributed by atoms with Crippen molar-refractivity contribution in [2.45, 2.75) is 6.10 Å². The normalized spacial score (nSPS) is 12.4. The van der Waals surface area contributed by atoms with Gasteiger partial charge in [-0.25, -0.2) is 4.98 Å². The molecule has 0 aliphatic rings. The van der Waals surface area contributed by atoms with E-state index in [1.54, 1.807) is 13.3 Å². The minimum atomic E-state index is -0.733. The van der Waals surface area contributed by atoms with Gasteiger partial charge in [0.2, 0.25) is 0 Å². The molecule has 0 aliphatic carbocycles. The summed E-state index contributed by atoms with van der Waals surface area (Å²) in [7, 11) is 1.58. The number of aromatic amines is 1. The number of hydrogen-bond acceptors (Lipinski definition) is 3. The van der Waals surface area contributed by atoms with Crippen LogP contribution < -0.4 is 4.74 Å². The van der Waals surface area contributed by atoms with Crippen molar-refractivity contribution in [3.8, 4) is 5.75 Å². The summed E-state index contributed by atoms with van der Waals surface area (Å²) < 4.78 is 5.17. The van der Waals surface area contributed by atoms with Crippen LogP contribution in [0.15, 0.2) is 36.8 Å². The van der Waals surface area contributed by atoms with Crippen LogP contribution in [0.4, 0.5) is 0 Å². The summed E-state index contributed by atoms with van der Waals surface area (Å²) in [6.45, 7) is 0. The van der Waals surface area contributed by atoms with Crippen LogP contribution >= 0.6 is 0 Å². The van der Waals surface area contributed by atoms with Gasteiger partial charge in [0.15, 0.2) is 0 Å². The minimum absolute atomic E-state index is 0.652. The molecule has 1 aromatic heterocycles. The van der Waals surface area contributed by atoms with E-state index in [0.717, 1.165) is 5.56 Å². The maximum atomic E-state index is 10.0. The molecule has 2 rings (SSSR count). The van der Waals surface area contributed by atoms with E-state index in [2.05, 4.69) is 9.97 Å². The number of nitrogens with zero attached hydrogens (tertiary/aromatic N) is 1. The van der Waals surface area contributed by atoms with Crippen LogP contribution in [0.3, 0.4) is 0 Å². The third-order valence-corrected chi connectivity index (χ3v) is 2.25. The van der Waals surface area contributed by atoms with Crippen LogP contribution in [-0.4, -0.2) is 22.2 Å². The Morgan fingerprint density at radius 1 is 1.40 bits per heavy atom. The van der Waals surface area contributed by atoms with E-state index in [1.165, 1.54) is 6.33 Å². The maximum absolute atomic E-state index is 10.0. The SMILES string of the molecule is COc1ccccc1C(O)c1cnc[nH]1. The zero-order valence-corrected chi connectivity index (χ0v) is 8.34. The van der Waals surface area contributed by atoms with Gasteiger partial charge in [0, 0.05) is 5.56 Å². The Kier molecular flexibility index (Phi) is 2.69. The lowest BCUT2D eigenvalue weighted by Gasteiger charge is -2.12. The molecule has 0 amide bonds. The molecule has 2 N–H and O–H groups in total. The van der Waals surface area contributed by atoms with Crippen molar-refractivity contribution in [2.24, 2.45) is 0 Å². The number of nitrogens with one attached hydrogen (secondary N) is 1. The second kappa shape index (κ2) is 4.14. The number of aliphatic hydroxyl groups is 1. The molecule has 15 heavy (non-hydrogen) atoms. The molecular weight excluding hydrogens is 192 g/mol. The van der Waals surface area contributed by atoms with Gasteiger partial charge >= 0.3 is 0 Å². The summed E-state index contributed by atoms with van der Waals surface area (Å²) in [4.78, 5) is 6.74. The summed E-state index contributed by atoms with van der Waals surface area (Å²) in [6.07, 6.45) is 2.40. The van der Waals surface area contributed by atoms with Crippen molar-refractivity contribution in [1.82, 2.24) is 9.97 Å². The van der Waals surface area contributed by atoms with Crippen LogP contribution in [0, 0.1) is 0 Å². The first-order valence-electron chi connectivity index (χ1n) is 4.62. The lowest BCUT2D eigenvalue weighted by atomic mass is 10.1. The van der Waals surface area contributed by atoms with E-state index in [4.69, 9.17) is 4.74 Å². The second-order valence-electron chi connectivity index (χ2n) is 3.15. The highest BCUT2D eigenvalue weighted by Gasteiger charge is 2.15. The molecule has 1 atom stereocenters. The molecule has 0 saturated carbocycles. The number of ether oxygens (including phenoxy) is 1. The lowest BCUT2D eigenvalue weighted by Crippen LogP contribution is -2.02. The Hall–Kier alpha value is -1.81. The molecule has 1 heterocycles. The molecule has 1 unspecified atom stereocenters. The fraction of sp³-hybridized carbons (Fsp3) is 0.182. The van der Waals surface area contributed by atoms with Crippen LogP contribution in [0.25, 0.3) is 0 Å². The molecule has 0 fully saturated rings. The molecule has 0 radical (unpaired) electrons. The molecule has 4 heteroatoms. The number of hydrogen-bond donors (Lipinski definition) is 2. The Balaban J connectivity index is 2.37. The second-order valence-corrected chi connectivity index (χ2v) is 3.15. The van der Waals surface area contributed by atoms with Gasteiger partial charge in [0.05, 0.1) is 25.3 Å². The van der Waals surface area contributed by atoms with E-state index in [0.29, 0.717) is 11.4 Å². The van der Waals surface area contributed by atoms with Crippen LogP contribution in [0.5, 0.6) is 5.75 Å². The summed E-state index contributed by atoms with van der Waals surface area (Å²) >= 11 is 0. The monoisotopic (exact) mass is 204 g/mol. The maximum Gasteiger partial charge on any atom is 0.125 e. The first-order chi connectivity index (χ1) is 7.33. The summed E-state index contributed by atoms with van der Waals surface area (Å²) in [5, 5.41) is 10.0. The lowest BCUT2D eigenvalue weighted by molar-refractivity contribution is 0.210. The number of benzene rings is 1. The number of aromatic nitrogens is 2. The zero-order chi connectivity index (χ0) is 10.7. The summed E-state index contributed by atoms with van der Waals surface area (Å²) in [5.74, 6) is 0.666. The fourth-order valence-electron chi connectivity index (χ4n) is 1.48. The van der Waals surface area contributed by atoms with Gasteiger partial charge in [-0.2, -0.15) is 0 Å². The molecule has 0 saturated heterocycles. The molecule has 1 aromatic carbocycles. The quantitative estimate of drug-likeness (QED) is 0.796. The summed E-state index contributed by atoms with van der Waals surface area (Å²) in [6, 6.07) is 7.36. The average molecular weight is 204 g/mol. The molecular formula is C11H12N2O2. The Bertz CT molecular complexity index is 426. The standard InChI is InChI=1S/C11H12N2O2/c1-15-10-5-3-2-4-8(10)11(14)9-6-12-7-13-9/h2-7,11,14H,1H3,(H,12,13). The Morgan fingerprint density at radius 3 is 2.87 bits per heavy atom. The van der Waals surface area contributed by atoms with E-state index in [-0.39, 0.29) is 0 Å². The topological polar surface area (TPSA) is 58.1 Å². The predicted octanol–water partition coefficient (Wildman–Crippen LogP) is 1.50. The molecule has 78 valence electrons. The third-order valence-electron chi connectivity index (χ3n) is 2.25. The Labute approximate surface area is 87.6 Å². The van der Waals surface area contributed by atoms with Crippen LogP contribution in [0.1, 0.15) is 17.4 Å². The molecule has 0 aliphatic heterocycles. The first kappa shape index (κ1) is 9.73. The number of imidazole rings is 1. The largest absolute Gasteiger partial charge is 0.496 e. The molecule has 0 spiro atoms. The number of rotatable bonds is 3. The number of para-hydroxylation sites is 1. The third kappa shape index (κ3) is 1.85. The Morgan fingerprint density at radius 2 is 2.20 bits per heavy atom. The smallest absolute Gasteiger partial charge is 0.125 e. The number of aliphatic hydroxyl groups excluding tert-OH is 1. The molecule has 4 nitrogen and oxygen atoms in total. The van der Waals surface area contributed by atoms with Gasteiger partial charge < -0.3 is 14.8 Å². The van der Waals surface area contributed by atoms with Crippen molar-refractivity contribution in [3.05, 3.63) is 48.0 Å². The highest BCUT2D eigenvalue weighted by Crippen LogP contribution is 2.28. The van der Waals surface area contributed by atoms with Gasteiger partial charge in [-0.05, 0) is 6.07 Å². The van der Waals surface area contributed by atoms with Crippen molar-refractivity contribution in [3.63, 3.8) is 0 Å². The van der Waals surface area contributed by atoms with Crippen molar-refractivity contribution in [1.29, 1.82) is 0 Å². The van der Waals surface area contributed by atoms with E-state index >= 15 is 0 Å². The van der Waals surface area contributed by atoms with E-state index < -0.39 is 6.10 Å².